The highest BCUT2D eigenvalue weighted by Gasteiger charge is 2.39. The highest BCUT2D eigenvalue weighted by Crippen LogP contribution is 2.34. The van der Waals surface area contributed by atoms with Gasteiger partial charge in [0.2, 0.25) is 5.91 Å². The van der Waals surface area contributed by atoms with E-state index in [0.717, 1.165) is 44.1 Å². The van der Waals surface area contributed by atoms with Crippen molar-refractivity contribution in [1.29, 1.82) is 0 Å². The fourth-order valence-corrected chi connectivity index (χ4v) is 2.99. The van der Waals surface area contributed by atoms with E-state index >= 15 is 0 Å². The first-order valence-electron chi connectivity index (χ1n) is 7.21. The summed E-state index contributed by atoms with van der Waals surface area (Å²) < 4.78 is 0. The van der Waals surface area contributed by atoms with Crippen LogP contribution in [0.15, 0.2) is 0 Å². The van der Waals surface area contributed by atoms with E-state index in [1.54, 1.807) is 0 Å². The zero-order chi connectivity index (χ0) is 12.3. The number of primary amides is 1. The lowest BCUT2D eigenvalue weighted by Crippen LogP contribution is -2.55. The van der Waals surface area contributed by atoms with Gasteiger partial charge in [-0.05, 0) is 50.5 Å². The van der Waals surface area contributed by atoms with Crippen LogP contribution >= 0.6 is 0 Å². The van der Waals surface area contributed by atoms with Gasteiger partial charge in [-0.25, -0.2) is 0 Å². The van der Waals surface area contributed by atoms with Gasteiger partial charge in [-0.1, -0.05) is 26.2 Å². The molecular weight excluding hydrogens is 212 g/mol. The number of amides is 1. The van der Waals surface area contributed by atoms with Crippen molar-refractivity contribution in [3.63, 3.8) is 0 Å². The fourth-order valence-electron chi connectivity index (χ4n) is 2.99. The minimum atomic E-state index is -0.396. The zero-order valence-corrected chi connectivity index (χ0v) is 11.0. The monoisotopic (exact) mass is 238 g/mol. The summed E-state index contributed by atoms with van der Waals surface area (Å²) >= 11 is 0. The molecule has 2 saturated carbocycles. The summed E-state index contributed by atoms with van der Waals surface area (Å²) in [6.07, 6.45) is 9.29. The first kappa shape index (κ1) is 12.9. The van der Waals surface area contributed by atoms with Crippen LogP contribution in [0.1, 0.15) is 58.3 Å². The zero-order valence-electron chi connectivity index (χ0n) is 11.0. The van der Waals surface area contributed by atoms with Gasteiger partial charge >= 0.3 is 0 Å². The molecule has 0 aliphatic heterocycles. The molecule has 0 bridgehead atoms. The summed E-state index contributed by atoms with van der Waals surface area (Å²) in [5.74, 6) is 1.46. The van der Waals surface area contributed by atoms with Gasteiger partial charge in [0.05, 0.1) is 5.54 Å². The predicted molar refractivity (Wildman–Crippen MR) is 69.5 cm³/mol. The lowest BCUT2D eigenvalue weighted by Gasteiger charge is -2.31. The maximum absolute atomic E-state index is 11.8. The van der Waals surface area contributed by atoms with Crippen molar-refractivity contribution in [2.75, 3.05) is 6.54 Å². The predicted octanol–water partition coefficient (Wildman–Crippen LogP) is 2.20. The molecule has 3 N–H and O–H groups in total. The average Bonchev–Trinajstić information content (AvgIpc) is 3.13. The molecular formula is C14H26N2O. The third kappa shape index (κ3) is 3.21. The lowest BCUT2D eigenvalue weighted by atomic mass is 9.88. The van der Waals surface area contributed by atoms with Crippen molar-refractivity contribution in [2.24, 2.45) is 17.6 Å². The van der Waals surface area contributed by atoms with Crippen LogP contribution in [0.25, 0.3) is 0 Å². The van der Waals surface area contributed by atoms with Gasteiger partial charge < -0.3 is 11.1 Å². The summed E-state index contributed by atoms with van der Waals surface area (Å²) in [7, 11) is 0. The normalized spacial score (nSPS) is 34.3. The molecule has 2 aliphatic carbocycles. The molecule has 0 radical (unpaired) electrons. The Balaban J connectivity index is 1.96. The molecule has 3 heteroatoms. The molecule has 0 spiro atoms. The molecule has 0 aromatic rings. The van der Waals surface area contributed by atoms with Crippen LogP contribution in [0.4, 0.5) is 0 Å². The largest absolute Gasteiger partial charge is 0.368 e. The molecule has 0 heterocycles. The number of nitrogens with two attached hydrogens (primary N) is 1. The molecule has 1 amide bonds. The van der Waals surface area contributed by atoms with Gasteiger partial charge in [0.15, 0.2) is 0 Å². The third-order valence-electron chi connectivity index (χ3n) is 4.67. The van der Waals surface area contributed by atoms with Crippen LogP contribution in [-0.4, -0.2) is 18.0 Å². The van der Waals surface area contributed by atoms with Crippen molar-refractivity contribution in [1.82, 2.24) is 5.32 Å². The second kappa shape index (κ2) is 5.38. The molecule has 2 atom stereocenters. The molecule has 98 valence electrons. The summed E-state index contributed by atoms with van der Waals surface area (Å²) in [6, 6.07) is 0. The van der Waals surface area contributed by atoms with Gasteiger partial charge in [-0.3, -0.25) is 4.79 Å². The lowest BCUT2D eigenvalue weighted by molar-refractivity contribution is -0.125. The van der Waals surface area contributed by atoms with Gasteiger partial charge in [0.1, 0.15) is 0 Å². The van der Waals surface area contributed by atoms with Crippen molar-refractivity contribution in [3.8, 4) is 0 Å². The first-order chi connectivity index (χ1) is 8.16. The molecule has 2 fully saturated rings. The van der Waals surface area contributed by atoms with Crippen molar-refractivity contribution in [2.45, 2.75) is 63.8 Å². The molecule has 0 aromatic carbocycles. The Hall–Kier alpha value is -0.570. The quantitative estimate of drug-likeness (QED) is 0.721. The number of rotatable bonds is 5. The molecule has 2 aliphatic rings. The van der Waals surface area contributed by atoms with Crippen molar-refractivity contribution in [3.05, 3.63) is 0 Å². The summed E-state index contributed by atoms with van der Waals surface area (Å²) in [4.78, 5) is 11.8. The number of hydrogen-bond acceptors (Lipinski definition) is 2. The molecule has 17 heavy (non-hydrogen) atoms. The Kier molecular flexibility index (Phi) is 4.08. The first-order valence-corrected chi connectivity index (χ1v) is 7.21. The average molecular weight is 238 g/mol. The fraction of sp³-hybridized carbons (Fsp3) is 0.929. The Bertz CT molecular complexity index is 275. The Morgan fingerprint density at radius 3 is 2.59 bits per heavy atom. The van der Waals surface area contributed by atoms with Gasteiger partial charge in [0, 0.05) is 0 Å². The van der Waals surface area contributed by atoms with Crippen LogP contribution < -0.4 is 11.1 Å². The van der Waals surface area contributed by atoms with Crippen LogP contribution in [0, 0.1) is 11.8 Å². The van der Waals surface area contributed by atoms with E-state index in [-0.39, 0.29) is 5.91 Å². The van der Waals surface area contributed by atoms with Gasteiger partial charge in [0.25, 0.3) is 0 Å². The van der Waals surface area contributed by atoms with Crippen LogP contribution in [0.2, 0.25) is 0 Å². The highest BCUT2D eigenvalue weighted by atomic mass is 16.1. The number of hydrogen-bond donors (Lipinski definition) is 2. The second-order valence-electron chi connectivity index (χ2n) is 5.98. The Morgan fingerprint density at radius 2 is 2.00 bits per heavy atom. The summed E-state index contributed by atoms with van der Waals surface area (Å²) in [6.45, 7) is 3.24. The molecule has 0 aromatic heterocycles. The van der Waals surface area contributed by atoms with E-state index in [1.807, 2.05) is 0 Å². The minimum Gasteiger partial charge on any atom is -0.368 e. The smallest absolute Gasteiger partial charge is 0.237 e. The topological polar surface area (TPSA) is 55.1 Å². The Labute approximate surface area is 105 Å². The van der Waals surface area contributed by atoms with Crippen LogP contribution in [0.3, 0.4) is 0 Å². The summed E-state index contributed by atoms with van der Waals surface area (Å²) in [5, 5.41) is 3.51. The molecule has 3 nitrogen and oxygen atoms in total. The van der Waals surface area contributed by atoms with E-state index in [0.29, 0.717) is 0 Å². The van der Waals surface area contributed by atoms with Crippen LogP contribution in [0.5, 0.6) is 0 Å². The Morgan fingerprint density at radius 1 is 1.24 bits per heavy atom. The van der Waals surface area contributed by atoms with Gasteiger partial charge in [-0.15, -0.1) is 0 Å². The van der Waals surface area contributed by atoms with E-state index in [9.17, 15) is 4.79 Å². The number of carbonyl (C=O) groups excluding carboxylic acids is 1. The van der Waals surface area contributed by atoms with E-state index in [4.69, 9.17) is 5.73 Å². The molecule has 2 unspecified atom stereocenters. The number of carbonyl (C=O) groups is 1. The third-order valence-corrected chi connectivity index (χ3v) is 4.67. The van der Waals surface area contributed by atoms with Crippen molar-refractivity contribution < 1.29 is 4.79 Å². The van der Waals surface area contributed by atoms with E-state index < -0.39 is 5.54 Å². The maximum Gasteiger partial charge on any atom is 0.237 e. The van der Waals surface area contributed by atoms with Crippen LogP contribution in [-0.2, 0) is 4.79 Å². The standard InChI is InChI=1S/C14H26N2O/c1-2-11-4-3-8-14(9-7-11,13(15)17)16-10-12-5-6-12/h11-12,16H,2-10H2,1H3,(H2,15,17). The maximum atomic E-state index is 11.8. The van der Waals surface area contributed by atoms with Crippen molar-refractivity contribution >= 4 is 5.91 Å². The highest BCUT2D eigenvalue weighted by molar-refractivity contribution is 5.84. The van der Waals surface area contributed by atoms with E-state index in [1.165, 1.54) is 25.7 Å². The molecule has 2 rings (SSSR count). The SMILES string of the molecule is CCC1CCCC(NCC2CC2)(C(N)=O)CC1. The second-order valence-corrected chi connectivity index (χ2v) is 5.98. The molecule has 0 saturated heterocycles. The number of nitrogens with one attached hydrogen (secondary N) is 1. The minimum absolute atomic E-state index is 0.130. The summed E-state index contributed by atoms with van der Waals surface area (Å²) in [5.41, 5.74) is 5.27. The van der Waals surface area contributed by atoms with Gasteiger partial charge in [-0.2, -0.15) is 0 Å². The van der Waals surface area contributed by atoms with E-state index in [2.05, 4.69) is 12.2 Å².